The van der Waals surface area contributed by atoms with Crippen molar-refractivity contribution < 1.29 is 18.2 Å². The summed E-state index contributed by atoms with van der Waals surface area (Å²) in [7, 11) is -2.86. The number of imidazole rings is 1. The standard InChI is InChI=1S/C36H46N5O4PS2Si/c1-24(2)25-17-18-36(6)30(19-25)45-46(47,48-36)44-28-20-31(41-23-40-32-33(37)38-22-39-34(32)41)43-29(28)21-42-49(35(3,4)5,26-13-9-7-10-14-26)27-15-11-8-12-16-27/h7-16,22-23,25,28-31H,1,17-21H2,2-6H3,(H2,37,38,39)/t25-,28+,29-,30+,31-,36+,46-/m1/s1. The van der Waals surface area contributed by atoms with Gasteiger partial charge in [-0.2, -0.15) is 0 Å². The highest BCUT2D eigenvalue weighted by Gasteiger charge is 2.56. The highest BCUT2D eigenvalue weighted by atomic mass is 32.9. The first-order valence-corrected chi connectivity index (χ1v) is 23.0. The maximum atomic E-state index is 7.39. The van der Waals surface area contributed by atoms with E-state index in [9.17, 15) is 0 Å². The average molecular weight is 736 g/mol. The van der Waals surface area contributed by atoms with Gasteiger partial charge in [-0.05, 0) is 66.2 Å². The molecule has 260 valence electrons. The van der Waals surface area contributed by atoms with Crippen LogP contribution in [0.25, 0.3) is 11.2 Å². The summed E-state index contributed by atoms with van der Waals surface area (Å²) in [5.41, 5.74) is 5.79. The molecular weight excluding hydrogens is 690 g/mol. The smallest absolute Gasteiger partial charge is 0.261 e. The number of ether oxygens (including phenoxy) is 1. The molecule has 4 aromatic rings. The van der Waals surface area contributed by atoms with Crippen LogP contribution in [-0.2, 0) is 30.0 Å². The van der Waals surface area contributed by atoms with Crippen molar-refractivity contribution in [2.24, 2.45) is 5.92 Å². The van der Waals surface area contributed by atoms with E-state index in [0.29, 0.717) is 35.9 Å². The molecule has 7 atom stereocenters. The number of anilines is 1. The number of rotatable bonds is 9. The van der Waals surface area contributed by atoms with E-state index in [2.05, 4.69) is 117 Å². The van der Waals surface area contributed by atoms with E-state index in [4.69, 9.17) is 35.8 Å². The van der Waals surface area contributed by atoms with Gasteiger partial charge in [0.05, 0.1) is 25.1 Å². The molecule has 9 nitrogen and oxygen atoms in total. The Morgan fingerprint density at radius 1 is 1.10 bits per heavy atom. The van der Waals surface area contributed by atoms with Gasteiger partial charge in [0.2, 0.25) is 5.69 Å². The molecule has 7 rings (SSSR count). The summed E-state index contributed by atoms with van der Waals surface area (Å²) in [5, 5.41) is 2.22. The van der Waals surface area contributed by atoms with Gasteiger partial charge in [0.1, 0.15) is 24.2 Å². The monoisotopic (exact) mass is 735 g/mol. The summed E-state index contributed by atoms with van der Waals surface area (Å²) in [6.07, 6.45) is 5.55. The maximum Gasteiger partial charge on any atom is 0.261 e. The van der Waals surface area contributed by atoms with Crippen LogP contribution in [0.15, 0.2) is 85.5 Å². The zero-order chi connectivity index (χ0) is 34.6. The molecule has 2 aromatic carbocycles. The Bertz CT molecular complexity index is 1840. The van der Waals surface area contributed by atoms with Gasteiger partial charge in [-0.3, -0.25) is 4.57 Å². The fourth-order valence-electron chi connectivity index (χ4n) is 7.78. The molecule has 2 saturated heterocycles. The summed E-state index contributed by atoms with van der Waals surface area (Å²) in [6, 6.07) is 21.3. The van der Waals surface area contributed by atoms with Crippen LogP contribution in [0, 0.1) is 5.92 Å². The van der Waals surface area contributed by atoms with Gasteiger partial charge >= 0.3 is 0 Å². The van der Waals surface area contributed by atoms with Gasteiger partial charge in [0.15, 0.2) is 11.5 Å². The van der Waals surface area contributed by atoms with Crippen molar-refractivity contribution in [2.75, 3.05) is 12.3 Å². The minimum absolute atomic E-state index is 0.0287. The van der Waals surface area contributed by atoms with Crippen molar-refractivity contribution >= 4 is 64.6 Å². The zero-order valence-corrected chi connectivity index (χ0v) is 32.3. The topological polar surface area (TPSA) is 107 Å². The third-order valence-electron chi connectivity index (χ3n) is 10.5. The molecule has 13 heteroatoms. The van der Waals surface area contributed by atoms with Crippen LogP contribution in [0.1, 0.15) is 66.5 Å². The molecule has 3 fully saturated rings. The van der Waals surface area contributed by atoms with Crippen molar-refractivity contribution in [1.29, 1.82) is 0 Å². The fourth-order valence-corrected chi connectivity index (χ4v) is 20.0. The van der Waals surface area contributed by atoms with Gasteiger partial charge in [-0.15, -0.1) is 0 Å². The summed E-state index contributed by atoms with van der Waals surface area (Å²) >= 11 is 8.05. The van der Waals surface area contributed by atoms with E-state index in [1.165, 1.54) is 22.3 Å². The predicted octanol–water partition coefficient (Wildman–Crippen LogP) is 7.15. The largest absolute Gasteiger partial charge is 0.405 e. The molecule has 0 unspecified atom stereocenters. The van der Waals surface area contributed by atoms with Gasteiger partial charge in [-0.25, -0.2) is 15.0 Å². The zero-order valence-electron chi connectivity index (χ0n) is 28.8. The Kier molecular flexibility index (Phi) is 9.49. The maximum absolute atomic E-state index is 7.39. The molecule has 2 aliphatic heterocycles. The van der Waals surface area contributed by atoms with Crippen molar-refractivity contribution in [1.82, 2.24) is 19.5 Å². The number of nitrogens with two attached hydrogens (primary N) is 1. The molecule has 3 aliphatic rings. The summed E-state index contributed by atoms with van der Waals surface area (Å²) in [4.78, 5) is 13.2. The van der Waals surface area contributed by atoms with Crippen LogP contribution in [0.2, 0.25) is 5.04 Å². The summed E-state index contributed by atoms with van der Waals surface area (Å²) in [6.45, 7) is 15.8. The summed E-state index contributed by atoms with van der Waals surface area (Å²) < 4.78 is 29.9. The van der Waals surface area contributed by atoms with Crippen LogP contribution in [0.4, 0.5) is 5.82 Å². The molecule has 1 aliphatic carbocycles. The summed E-state index contributed by atoms with van der Waals surface area (Å²) in [5.74, 6) is 0.771. The normalized spacial score (nSPS) is 30.4. The number of benzene rings is 2. The molecule has 2 aromatic heterocycles. The van der Waals surface area contributed by atoms with E-state index >= 15 is 0 Å². The molecule has 0 amide bonds. The third-order valence-corrected chi connectivity index (χ3v) is 21.2. The van der Waals surface area contributed by atoms with Crippen LogP contribution < -0.4 is 16.1 Å². The van der Waals surface area contributed by atoms with Gasteiger partial charge in [0.25, 0.3) is 8.32 Å². The highest BCUT2D eigenvalue weighted by Crippen LogP contribution is 2.76. The SMILES string of the molecule is C=C(C)[C@@H]1CC[C@]2(C)S[P@](=S)(O[C@H]3C[C@H](n4cnc5c(N)ncnc54)O[C@@H]3CO[Si](c3ccccc3)(c3ccccc3)C(C)(C)C)O[C@H]2C1. The molecule has 1 saturated carbocycles. The minimum Gasteiger partial charge on any atom is -0.405 e. The van der Waals surface area contributed by atoms with Crippen LogP contribution in [-0.4, -0.2) is 57.5 Å². The van der Waals surface area contributed by atoms with Crippen LogP contribution >= 0.6 is 17.1 Å². The van der Waals surface area contributed by atoms with Gasteiger partial charge in [0, 0.05) is 11.2 Å². The predicted molar refractivity (Wildman–Crippen MR) is 204 cm³/mol. The number of allylic oxidation sites excluding steroid dienone is 1. The Hall–Kier alpha value is -2.41. The molecule has 2 N–H and O–H groups in total. The van der Waals surface area contributed by atoms with E-state index in [1.807, 2.05) is 4.57 Å². The molecule has 49 heavy (non-hydrogen) atoms. The number of nitrogen functional groups attached to an aromatic ring is 1. The Morgan fingerprint density at radius 3 is 2.41 bits per heavy atom. The Labute approximate surface area is 299 Å². The molecule has 0 bridgehead atoms. The lowest BCUT2D eigenvalue weighted by molar-refractivity contribution is -0.0364. The van der Waals surface area contributed by atoms with Crippen molar-refractivity contribution in [3.63, 3.8) is 0 Å². The number of fused-ring (bicyclic) bond motifs is 2. The van der Waals surface area contributed by atoms with Crippen molar-refractivity contribution in [3.8, 4) is 0 Å². The second-order valence-electron chi connectivity index (χ2n) is 14.8. The van der Waals surface area contributed by atoms with E-state index < -0.39 is 26.3 Å². The molecule has 0 radical (unpaired) electrons. The van der Waals surface area contributed by atoms with Crippen molar-refractivity contribution in [3.05, 3.63) is 85.5 Å². The number of hydrogen-bond acceptors (Lipinski definition) is 10. The average Bonchev–Trinajstić information content (AvgIpc) is 3.74. The van der Waals surface area contributed by atoms with Gasteiger partial charge < -0.3 is 23.9 Å². The first-order valence-electron chi connectivity index (χ1n) is 17.0. The molecule has 0 spiro atoms. The van der Waals surface area contributed by atoms with Crippen LogP contribution in [0.5, 0.6) is 0 Å². The van der Waals surface area contributed by atoms with Crippen LogP contribution in [0.3, 0.4) is 0 Å². The fraction of sp³-hybridized carbons (Fsp3) is 0.472. The van der Waals surface area contributed by atoms with E-state index in [1.54, 1.807) is 17.7 Å². The highest BCUT2D eigenvalue weighted by molar-refractivity contribution is 8.68. The second-order valence-corrected chi connectivity index (χ2v) is 25.7. The Morgan fingerprint density at radius 2 is 1.78 bits per heavy atom. The first-order chi connectivity index (χ1) is 23.3. The second kappa shape index (κ2) is 13.3. The van der Waals surface area contributed by atoms with E-state index in [0.717, 1.165) is 19.3 Å². The number of hydrogen-bond donors (Lipinski definition) is 1. The third kappa shape index (κ3) is 6.48. The van der Waals surface area contributed by atoms with Crippen molar-refractivity contribution in [2.45, 2.75) is 94.6 Å². The lowest BCUT2D eigenvalue weighted by Crippen LogP contribution is -2.67. The van der Waals surface area contributed by atoms with E-state index in [-0.39, 0.29) is 22.0 Å². The molecule has 4 heterocycles. The quantitative estimate of drug-likeness (QED) is 0.108. The Balaban J connectivity index is 1.22. The molecular formula is C36H46N5O4PS2Si. The number of nitrogens with zero attached hydrogens (tertiary/aromatic N) is 4. The minimum atomic E-state index is -2.86. The lowest BCUT2D eigenvalue weighted by atomic mass is 9.77. The lowest BCUT2D eigenvalue weighted by Gasteiger charge is -2.43. The number of aromatic nitrogens is 4. The first kappa shape index (κ1) is 35.0. The van der Waals surface area contributed by atoms with Gasteiger partial charge in [-0.1, -0.05) is 105 Å².